The first-order chi connectivity index (χ1) is 12.9. The van der Waals surface area contributed by atoms with Crippen LogP contribution in [-0.2, 0) is 24.2 Å². The molecule has 1 unspecified atom stereocenters. The number of ether oxygens (including phenoxy) is 2. The Morgan fingerprint density at radius 1 is 1.26 bits per heavy atom. The molecule has 1 aliphatic rings. The molecule has 1 heterocycles. The Labute approximate surface area is 158 Å². The number of carbonyl (C=O) groups is 1. The minimum absolute atomic E-state index is 0.0458. The van der Waals surface area contributed by atoms with Gasteiger partial charge in [-0.1, -0.05) is 0 Å². The first kappa shape index (κ1) is 18.9. The molecule has 1 atom stereocenters. The van der Waals surface area contributed by atoms with E-state index in [4.69, 9.17) is 9.47 Å². The number of aryl methyl sites for hydroxylation is 2. The van der Waals surface area contributed by atoms with Gasteiger partial charge in [-0.25, -0.2) is 4.98 Å². The molecule has 1 aliphatic carbocycles. The normalized spacial score (nSPS) is 13.8. The van der Waals surface area contributed by atoms with Crippen LogP contribution in [0.2, 0.25) is 0 Å². The summed E-state index contributed by atoms with van der Waals surface area (Å²) in [6.07, 6.45) is 4.00. The lowest BCUT2D eigenvalue weighted by Gasteiger charge is -2.19. The van der Waals surface area contributed by atoms with Crippen LogP contribution in [0, 0.1) is 6.92 Å². The molecule has 0 radical (unpaired) electrons. The van der Waals surface area contributed by atoms with Crippen molar-refractivity contribution in [2.45, 2.75) is 45.7 Å². The van der Waals surface area contributed by atoms with E-state index in [0.29, 0.717) is 11.5 Å². The summed E-state index contributed by atoms with van der Waals surface area (Å²) in [5.41, 5.74) is 3.42. The van der Waals surface area contributed by atoms with Crippen LogP contribution >= 0.6 is 0 Å². The monoisotopic (exact) mass is 371 g/mol. The number of nitrogens with one attached hydrogen (secondary N) is 1. The van der Waals surface area contributed by atoms with E-state index in [0.717, 1.165) is 41.6 Å². The first-order valence-electron chi connectivity index (χ1n) is 9.03. The molecule has 7 heteroatoms. The molecule has 0 spiro atoms. The molecule has 0 fully saturated rings. The SMILES string of the molecule is COc1cc(C)c(C(C)NC(=O)Cn2cnc3c(c2=O)CCC3)cc1OC. The quantitative estimate of drug-likeness (QED) is 0.839. The van der Waals surface area contributed by atoms with Crippen LogP contribution in [0.3, 0.4) is 0 Å². The van der Waals surface area contributed by atoms with Gasteiger partial charge in [0.25, 0.3) is 5.56 Å². The zero-order chi connectivity index (χ0) is 19.6. The molecule has 27 heavy (non-hydrogen) atoms. The number of fused-ring (bicyclic) bond motifs is 1. The van der Waals surface area contributed by atoms with Crippen molar-refractivity contribution in [2.75, 3.05) is 14.2 Å². The van der Waals surface area contributed by atoms with Crippen LogP contribution in [0.4, 0.5) is 0 Å². The van der Waals surface area contributed by atoms with Crippen molar-refractivity contribution in [2.24, 2.45) is 0 Å². The minimum Gasteiger partial charge on any atom is -0.493 e. The lowest BCUT2D eigenvalue weighted by atomic mass is 10.0. The van der Waals surface area contributed by atoms with Crippen molar-refractivity contribution in [3.8, 4) is 11.5 Å². The number of hydrogen-bond donors (Lipinski definition) is 1. The summed E-state index contributed by atoms with van der Waals surface area (Å²) in [5, 5.41) is 2.95. The van der Waals surface area contributed by atoms with Gasteiger partial charge in [-0.2, -0.15) is 0 Å². The predicted molar refractivity (Wildman–Crippen MR) is 101 cm³/mol. The molecule has 3 rings (SSSR count). The third-order valence-corrected chi connectivity index (χ3v) is 4.99. The predicted octanol–water partition coefficient (Wildman–Crippen LogP) is 1.94. The Hall–Kier alpha value is -2.83. The van der Waals surface area contributed by atoms with Gasteiger partial charge in [-0.05, 0) is 56.4 Å². The lowest BCUT2D eigenvalue weighted by Crippen LogP contribution is -2.35. The van der Waals surface area contributed by atoms with Gasteiger partial charge in [0.2, 0.25) is 5.91 Å². The first-order valence-corrected chi connectivity index (χ1v) is 9.03. The van der Waals surface area contributed by atoms with Crippen LogP contribution in [0.5, 0.6) is 11.5 Å². The van der Waals surface area contributed by atoms with Crippen molar-refractivity contribution in [1.29, 1.82) is 0 Å². The molecule has 0 bridgehead atoms. The number of rotatable bonds is 6. The largest absolute Gasteiger partial charge is 0.493 e. The van der Waals surface area contributed by atoms with Crippen LogP contribution in [-0.4, -0.2) is 29.7 Å². The van der Waals surface area contributed by atoms with E-state index in [2.05, 4.69) is 10.3 Å². The third-order valence-electron chi connectivity index (χ3n) is 4.99. The van der Waals surface area contributed by atoms with Gasteiger partial charge in [0.05, 0.1) is 32.3 Å². The average Bonchev–Trinajstić information content (AvgIpc) is 3.13. The van der Waals surface area contributed by atoms with E-state index in [-0.39, 0.29) is 24.1 Å². The number of hydrogen-bond acceptors (Lipinski definition) is 5. The van der Waals surface area contributed by atoms with Crippen molar-refractivity contribution in [3.05, 3.63) is 51.2 Å². The molecule has 0 saturated carbocycles. The maximum absolute atomic E-state index is 12.5. The number of nitrogens with zero attached hydrogens (tertiary/aromatic N) is 2. The van der Waals surface area contributed by atoms with E-state index < -0.39 is 0 Å². The maximum atomic E-state index is 12.5. The van der Waals surface area contributed by atoms with Gasteiger partial charge in [-0.15, -0.1) is 0 Å². The zero-order valence-electron chi connectivity index (χ0n) is 16.2. The highest BCUT2D eigenvalue weighted by atomic mass is 16.5. The topological polar surface area (TPSA) is 82.5 Å². The molecule has 0 aliphatic heterocycles. The van der Waals surface area contributed by atoms with E-state index >= 15 is 0 Å². The van der Waals surface area contributed by atoms with Crippen LogP contribution in [0.15, 0.2) is 23.3 Å². The van der Waals surface area contributed by atoms with E-state index in [1.807, 2.05) is 26.0 Å². The van der Waals surface area contributed by atoms with Crippen LogP contribution in [0.1, 0.15) is 41.8 Å². The number of carbonyl (C=O) groups excluding carboxylic acids is 1. The fraction of sp³-hybridized carbons (Fsp3) is 0.450. The summed E-state index contributed by atoms with van der Waals surface area (Å²) in [6.45, 7) is 3.81. The summed E-state index contributed by atoms with van der Waals surface area (Å²) in [5.74, 6) is 1.02. The maximum Gasteiger partial charge on any atom is 0.257 e. The number of aromatic nitrogens is 2. The summed E-state index contributed by atoms with van der Waals surface area (Å²) in [4.78, 5) is 29.3. The Bertz CT molecular complexity index is 920. The molecule has 1 aromatic carbocycles. The van der Waals surface area contributed by atoms with Crippen molar-refractivity contribution in [3.63, 3.8) is 0 Å². The Morgan fingerprint density at radius 2 is 1.96 bits per heavy atom. The van der Waals surface area contributed by atoms with E-state index in [9.17, 15) is 9.59 Å². The summed E-state index contributed by atoms with van der Waals surface area (Å²) < 4.78 is 12.0. The highest BCUT2D eigenvalue weighted by molar-refractivity contribution is 5.76. The molecule has 7 nitrogen and oxygen atoms in total. The van der Waals surface area contributed by atoms with Crippen LogP contribution < -0.4 is 20.3 Å². The van der Waals surface area contributed by atoms with Crippen molar-refractivity contribution >= 4 is 5.91 Å². The van der Waals surface area contributed by atoms with Crippen molar-refractivity contribution < 1.29 is 14.3 Å². The standard InChI is InChI=1S/C20H25N3O4/c1-12-8-17(26-3)18(27-4)9-15(12)13(2)22-19(24)10-23-11-21-16-7-5-6-14(16)20(23)25/h8-9,11,13H,5-7,10H2,1-4H3,(H,22,24). The smallest absolute Gasteiger partial charge is 0.257 e. The summed E-state index contributed by atoms with van der Waals surface area (Å²) in [6, 6.07) is 3.50. The second kappa shape index (κ2) is 7.82. The minimum atomic E-state index is -0.240. The third kappa shape index (κ3) is 3.82. The van der Waals surface area contributed by atoms with Gasteiger partial charge >= 0.3 is 0 Å². The highest BCUT2D eigenvalue weighted by Crippen LogP contribution is 2.32. The van der Waals surface area contributed by atoms with Crippen LogP contribution in [0.25, 0.3) is 0 Å². The number of benzene rings is 1. The fourth-order valence-corrected chi connectivity index (χ4v) is 3.56. The Kier molecular flexibility index (Phi) is 5.48. The highest BCUT2D eigenvalue weighted by Gasteiger charge is 2.19. The Morgan fingerprint density at radius 3 is 2.67 bits per heavy atom. The molecule has 1 amide bonds. The number of amides is 1. The molecule has 0 saturated heterocycles. The molecule has 1 aromatic heterocycles. The van der Waals surface area contributed by atoms with E-state index in [1.54, 1.807) is 14.2 Å². The summed E-state index contributed by atoms with van der Waals surface area (Å²) in [7, 11) is 3.16. The van der Waals surface area contributed by atoms with Gasteiger partial charge in [0.1, 0.15) is 6.54 Å². The molecular weight excluding hydrogens is 346 g/mol. The van der Waals surface area contributed by atoms with Gasteiger partial charge in [0, 0.05) is 5.56 Å². The molecule has 2 aromatic rings. The number of methoxy groups -OCH3 is 2. The Balaban J connectivity index is 1.74. The van der Waals surface area contributed by atoms with Gasteiger partial charge in [0.15, 0.2) is 11.5 Å². The zero-order valence-corrected chi connectivity index (χ0v) is 16.2. The molecular formula is C20H25N3O4. The van der Waals surface area contributed by atoms with E-state index in [1.165, 1.54) is 10.9 Å². The lowest BCUT2D eigenvalue weighted by molar-refractivity contribution is -0.122. The average molecular weight is 371 g/mol. The molecule has 144 valence electrons. The second-order valence-corrected chi connectivity index (χ2v) is 6.81. The molecule has 1 N–H and O–H groups in total. The summed E-state index contributed by atoms with van der Waals surface area (Å²) >= 11 is 0. The van der Waals surface area contributed by atoms with Gasteiger partial charge < -0.3 is 14.8 Å². The fourth-order valence-electron chi connectivity index (χ4n) is 3.56. The second-order valence-electron chi connectivity index (χ2n) is 6.81. The van der Waals surface area contributed by atoms with Crippen molar-refractivity contribution in [1.82, 2.24) is 14.9 Å². The van der Waals surface area contributed by atoms with Gasteiger partial charge in [-0.3, -0.25) is 14.2 Å².